The second kappa shape index (κ2) is 7.30. The molecule has 80 valence electrons. The van der Waals surface area contributed by atoms with Gasteiger partial charge in [-0.3, -0.25) is 0 Å². The summed E-state index contributed by atoms with van der Waals surface area (Å²) >= 11 is 0. The Morgan fingerprint density at radius 2 is 2.14 bits per heavy atom. The molecule has 0 spiro atoms. The van der Waals surface area contributed by atoms with Crippen LogP contribution in [0.1, 0.15) is 32.6 Å². The number of nitrogens with zero attached hydrogens (tertiary/aromatic N) is 1. The smallest absolute Gasteiger partial charge is 0.129 e. The highest BCUT2D eigenvalue weighted by atomic mass is 16.5. The minimum Gasteiger partial charge on any atom is -0.509 e. The lowest BCUT2D eigenvalue weighted by atomic mass is 9.94. The molecule has 0 radical (unpaired) electrons. The molecular weight excluding hydrogens is 176 g/mol. The molecule has 3 nitrogen and oxygen atoms in total. The first kappa shape index (κ1) is 12.9. The van der Waals surface area contributed by atoms with E-state index >= 15 is 0 Å². The van der Waals surface area contributed by atoms with Crippen LogP contribution in [0, 0.1) is 0 Å². The van der Waals surface area contributed by atoms with Gasteiger partial charge in [-0.1, -0.05) is 12.7 Å². The standard InChI is InChI=1S/C11H20N2O/c1-4-6-8-11(3,14-5-2)9-7-10-13-12/h4-5,13H,1-2,6-10H2,3H3. The van der Waals surface area contributed by atoms with Crippen LogP contribution in [0.5, 0.6) is 0 Å². The van der Waals surface area contributed by atoms with Crippen LogP contribution in [0.15, 0.2) is 25.5 Å². The molecule has 14 heavy (non-hydrogen) atoms. The predicted octanol–water partition coefficient (Wildman–Crippen LogP) is 1.75. The van der Waals surface area contributed by atoms with Crippen molar-refractivity contribution in [3.05, 3.63) is 31.0 Å². The summed E-state index contributed by atoms with van der Waals surface area (Å²) in [6.07, 6.45) is 6.98. The zero-order valence-electron chi connectivity index (χ0n) is 8.96. The fourth-order valence-electron chi connectivity index (χ4n) is 1.39. The van der Waals surface area contributed by atoms with Crippen molar-refractivity contribution in [1.29, 1.82) is 0 Å². The predicted molar refractivity (Wildman–Crippen MR) is 57.5 cm³/mol. The Morgan fingerprint density at radius 1 is 1.43 bits per heavy atom. The van der Waals surface area contributed by atoms with E-state index in [0.717, 1.165) is 25.7 Å². The van der Waals surface area contributed by atoms with E-state index in [9.17, 15) is 0 Å². The normalized spacial score (nSPS) is 14.1. The van der Waals surface area contributed by atoms with Crippen molar-refractivity contribution in [1.82, 2.24) is 0 Å². The van der Waals surface area contributed by atoms with Crippen LogP contribution in [0.25, 0.3) is 5.53 Å². The quantitative estimate of drug-likeness (QED) is 0.260. The molecule has 0 saturated carbocycles. The molecule has 0 aliphatic rings. The van der Waals surface area contributed by atoms with Crippen molar-refractivity contribution in [2.45, 2.75) is 38.2 Å². The highest BCUT2D eigenvalue weighted by Crippen LogP contribution is 2.23. The molecule has 0 aliphatic heterocycles. The molecule has 0 aliphatic carbocycles. The van der Waals surface area contributed by atoms with Crippen LogP contribution >= 0.6 is 0 Å². The molecule has 0 aromatic carbocycles. The maximum atomic E-state index is 8.44. The summed E-state index contributed by atoms with van der Waals surface area (Å²) in [5.74, 6) is 0. The largest absolute Gasteiger partial charge is 0.509 e. The van der Waals surface area contributed by atoms with Gasteiger partial charge >= 0.3 is 0 Å². The summed E-state index contributed by atoms with van der Waals surface area (Å²) in [6, 6.07) is 0. The lowest BCUT2D eigenvalue weighted by molar-refractivity contribution is -0.481. The molecule has 0 saturated heterocycles. The van der Waals surface area contributed by atoms with E-state index in [2.05, 4.69) is 25.2 Å². The van der Waals surface area contributed by atoms with Crippen molar-refractivity contribution in [3.63, 3.8) is 0 Å². The molecule has 1 atom stereocenters. The Hall–Kier alpha value is -1.12. The van der Waals surface area contributed by atoms with Gasteiger partial charge in [0.05, 0.1) is 6.26 Å². The van der Waals surface area contributed by atoms with E-state index in [4.69, 9.17) is 10.3 Å². The van der Waals surface area contributed by atoms with E-state index in [0.29, 0.717) is 6.54 Å². The number of rotatable bonds is 9. The van der Waals surface area contributed by atoms with Gasteiger partial charge in [-0.2, -0.15) is 0 Å². The van der Waals surface area contributed by atoms with E-state index in [-0.39, 0.29) is 5.60 Å². The summed E-state index contributed by atoms with van der Waals surface area (Å²) in [7, 11) is 0. The maximum Gasteiger partial charge on any atom is 0.129 e. The summed E-state index contributed by atoms with van der Waals surface area (Å²) < 4.78 is 5.48. The van der Waals surface area contributed by atoms with Crippen LogP contribution in [0.4, 0.5) is 0 Å². The van der Waals surface area contributed by atoms with Gasteiger partial charge in [0, 0.05) is 6.42 Å². The Kier molecular flexibility index (Phi) is 6.72. The summed E-state index contributed by atoms with van der Waals surface area (Å²) in [4.78, 5) is 0. The minimum absolute atomic E-state index is 0.188. The van der Waals surface area contributed by atoms with Gasteiger partial charge in [-0.25, -0.2) is 0 Å². The SMILES string of the molecule is C=CCCC(C)(CCC[NH+]=[N-])OC=C. The van der Waals surface area contributed by atoms with Crippen molar-refractivity contribution in [3.8, 4) is 0 Å². The third-order valence-corrected chi connectivity index (χ3v) is 2.24. The third-order valence-electron chi connectivity index (χ3n) is 2.24. The van der Waals surface area contributed by atoms with Gasteiger partial charge in [0.2, 0.25) is 0 Å². The second-order valence-corrected chi connectivity index (χ2v) is 3.57. The third kappa shape index (κ3) is 5.51. The van der Waals surface area contributed by atoms with Gasteiger partial charge in [0.25, 0.3) is 0 Å². The van der Waals surface area contributed by atoms with Gasteiger partial charge in [0.1, 0.15) is 12.1 Å². The van der Waals surface area contributed by atoms with E-state index in [1.807, 2.05) is 6.08 Å². The molecule has 0 amide bonds. The van der Waals surface area contributed by atoms with Crippen molar-refractivity contribution < 1.29 is 9.85 Å². The van der Waals surface area contributed by atoms with Crippen LogP contribution in [-0.4, -0.2) is 12.1 Å². The number of hydrogen-bond donors (Lipinski definition) is 1. The Labute approximate surface area is 86.4 Å². The van der Waals surface area contributed by atoms with Gasteiger partial charge in [-0.05, 0) is 26.2 Å². The molecule has 3 heteroatoms. The Bertz CT molecular complexity index is 192. The summed E-state index contributed by atoms with van der Waals surface area (Å²) in [5.41, 5.74) is 8.25. The van der Waals surface area contributed by atoms with Crippen LogP contribution in [0.2, 0.25) is 0 Å². The van der Waals surface area contributed by atoms with Gasteiger partial charge in [0.15, 0.2) is 0 Å². The monoisotopic (exact) mass is 196 g/mol. The molecule has 1 N–H and O–H groups in total. The fraction of sp³-hybridized carbons (Fsp3) is 0.636. The average molecular weight is 196 g/mol. The molecule has 0 fully saturated rings. The molecule has 1 unspecified atom stereocenters. The highest BCUT2D eigenvalue weighted by molar-refractivity contribution is 4.81. The number of hydrogen-bond acceptors (Lipinski definition) is 1. The lowest BCUT2D eigenvalue weighted by Gasteiger charge is -2.28. The molecule has 0 aromatic rings. The molecule has 0 bridgehead atoms. The molecule has 0 heterocycles. The first-order chi connectivity index (χ1) is 6.68. The summed E-state index contributed by atoms with van der Waals surface area (Å²) in [5, 5.41) is 2.14. The number of allylic oxidation sites excluding steroid dienone is 1. The Balaban J connectivity index is 3.99. The van der Waals surface area contributed by atoms with Crippen LogP contribution < -0.4 is 5.11 Å². The van der Waals surface area contributed by atoms with Crippen LogP contribution in [-0.2, 0) is 4.74 Å². The maximum absolute atomic E-state index is 8.44. The van der Waals surface area contributed by atoms with Crippen molar-refractivity contribution in [2.24, 2.45) is 0 Å². The topological polar surface area (TPSA) is 45.5 Å². The van der Waals surface area contributed by atoms with E-state index in [1.165, 1.54) is 6.26 Å². The van der Waals surface area contributed by atoms with Crippen molar-refractivity contribution >= 4 is 0 Å². The summed E-state index contributed by atoms with van der Waals surface area (Å²) in [6.45, 7) is 9.89. The zero-order chi connectivity index (χ0) is 10.9. The molecule has 0 aromatic heterocycles. The first-order valence-corrected chi connectivity index (χ1v) is 4.95. The number of ether oxygens (including phenoxy) is 1. The minimum atomic E-state index is -0.188. The van der Waals surface area contributed by atoms with Crippen LogP contribution in [0.3, 0.4) is 0 Å². The number of nitrogens with one attached hydrogen (secondary N) is 1. The lowest BCUT2D eigenvalue weighted by Crippen LogP contribution is -2.63. The highest BCUT2D eigenvalue weighted by Gasteiger charge is 2.23. The van der Waals surface area contributed by atoms with E-state index < -0.39 is 0 Å². The van der Waals surface area contributed by atoms with E-state index in [1.54, 1.807) is 0 Å². The molecule has 0 rings (SSSR count). The zero-order valence-corrected chi connectivity index (χ0v) is 8.96. The van der Waals surface area contributed by atoms with Crippen molar-refractivity contribution in [2.75, 3.05) is 6.54 Å². The fourth-order valence-corrected chi connectivity index (χ4v) is 1.39. The Morgan fingerprint density at radius 3 is 2.64 bits per heavy atom. The average Bonchev–Trinajstić information content (AvgIpc) is 2.16. The first-order valence-electron chi connectivity index (χ1n) is 4.95. The van der Waals surface area contributed by atoms with Gasteiger partial charge < -0.3 is 15.4 Å². The molecular formula is C11H20N2O. The second-order valence-electron chi connectivity index (χ2n) is 3.57. The van der Waals surface area contributed by atoms with Gasteiger partial charge in [-0.15, -0.1) is 6.58 Å².